The van der Waals surface area contributed by atoms with E-state index in [9.17, 15) is 26.7 Å². The molecule has 2 saturated heterocycles. The molecule has 3 rings (SSSR count). The number of hydrogen-bond acceptors (Lipinski definition) is 3. The van der Waals surface area contributed by atoms with Gasteiger partial charge in [0.2, 0.25) is 0 Å². The molecule has 0 spiro atoms. The Labute approximate surface area is 120 Å². The van der Waals surface area contributed by atoms with Gasteiger partial charge in [0.1, 0.15) is 17.5 Å². The monoisotopic (exact) mass is 320 g/mol. The van der Waals surface area contributed by atoms with Crippen molar-refractivity contribution in [2.45, 2.75) is 48.2 Å². The van der Waals surface area contributed by atoms with E-state index in [4.69, 9.17) is 0 Å². The molecule has 116 valence electrons. The molecule has 2 heterocycles. The lowest BCUT2D eigenvalue weighted by Crippen LogP contribution is -2.50. The first kappa shape index (κ1) is 14.8. The molecule has 21 heavy (non-hydrogen) atoms. The standard InChI is InChI=1S/C14H15F3O3S/c15-8-4-11(16)13(12(17)5-8)14(18)6-9-2-1-3-10(7-14)21(9,19)20/h4-5,9-10,18H,1-3,6-7H2. The van der Waals surface area contributed by atoms with Gasteiger partial charge in [0.15, 0.2) is 9.84 Å². The van der Waals surface area contributed by atoms with Gasteiger partial charge in [-0.1, -0.05) is 6.42 Å². The van der Waals surface area contributed by atoms with Gasteiger partial charge in [-0.3, -0.25) is 0 Å². The minimum absolute atomic E-state index is 0.245. The summed E-state index contributed by atoms with van der Waals surface area (Å²) in [5.41, 5.74) is -2.51. The number of sulfone groups is 1. The average Bonchev–Trinajstić information content (AvgIpc) is 2.30. The van der Waals surface area contributed by atoms with Gasteiger partial charge in [-0.05, 0) is 25.7 Å². The normalized spacial score (nSPS) is 34.7. The third-order valence-electron chi connectivity index (χ3n) is 4.58. The van der Waals surface area contributed by atoms with E-state index in [-0.39, 0.29) is 12.8 Å². The molecular formula is C14H15F3O3S. The SMILES string of the molecule is O=S1(=O)C2CCCC1CC(O)(c1c(F)cc(F)cc1F)C2. The van der Waals surface area contributed by atoms with Crippen LogP contribution in [0.25, 0.3) is 0 Å². The number of aliphatic hydroxyl groups is 1. The Morgan fingerprint density at radius 1 is 1.05 bits per heavy atom. The van der Waals surface area contributed by atoms with Crippen LogP contribution in [-0.4, -0.2) is 24.0 Å². The fraction of sp³-hybridized carbons (Fsp3) is 0.571. The summed E-state index contributed by atoms with van der Waals surface area (Å²) in [5, 5.41) is 9.08. The number of hydrogen-bond donors (Lipinski definition) is 1. The van der Waals surface area contributed by atoms with Crippen LogP contribution >= 0.6 is 0 Å². The van der Waals surface area contributed by atoms with Gasteiger partial charge < -0.3 is 5.11 Å². The second-order valence-electron chi connectivity index (χ2n) is 5.95. The summed E-state index contributed by atoms with van der Waals surface area (Å²) in [4.78, 5) is 0. The van der Waals surface area contributed by atoms with E-state index in [1.54, 1.807) is 0 Å². The largest absolute Gasteiger partial charge is 0.385 e. The van der Waals surface area contributed by atoms with Crippen molar-refractivity contribution in [2.75, 3.05) is 0 Å². The van der Waals surface area contributed by atoms with Gasteiger partial charge >= 0.3 is 0 Å². The van der Waals surface area contributed by atoms with Gasteiger partial charge in [0.25, 0.3) is 0 Å². The van der Waals surface area contributed by atoms with Gasteiger partial charge in [0.05, 0.1) is 21.7 Å². The van der Waals surface area contributed by atoms with Crippen LogP contribution in [0.4, 0.5) is 13.2 Å². The Hall–Kier alpha value is -1.08. The minimum Gasteiger partial charge on any atom is -0.385 e. The lowest BCUT2D eigenvalue weighted by Gasteiger charge is -2.44. The molecule has 2 atom stereocenters. The quantitative estimate of drug-likeness (QED) is 0.864. The summed E-state index contributed by atoms with van der Waals surface area (Å²) in [6.07, 6.45) is 0.993. The number of benzene rings is 1. The predicted molar refractivity (Wildman–Crippen MR) is 69.8 cm³/mol. The highest BCUT2D eigenvalue weighted by atomic mass is 32.2. The summed E-state index contributed by atoms with van der Waals surface area (Å²) in [5.74, 6) is -3.42. The first-order valence-electron chi connectivity index (χ1n) is 6.84. The molecule has 1 N–H and O–H groups in total. The maximum Gasteiger partial charge on any atom is 0.156 e. The van der Waals surface area contributed by atoms with E-state index in [1.165, 1.54) is 0 Å². The third kappa shape index (κ3) is 2.26. The fourth-order valence-electron chi connectivity index (χ4n) is 3.64. The van der Waals surface area contributed by atoms with Gasteiger partial charge in [-0.15, -0.1) is 0 Å². The zero-order valence-electron chi connectivity index (χ0n) is 11.2. The van der Waals surface area contributed by atoms with Crippen LogP contribution in [0.1, 0.15) is 37.7 Å². The van der Waals surface area contributed by atoms with Crippen molar-refractivity contribution in [1.29, 1.82) is 0 Å². The summed E-state index contributed by atoms with van der Waals surface area (Å²) in [6.45, 7) is 0. The van der Waals surface area contributed by atoms with Crippen molar-refractivity contribution in [3.8, 4) is 0 Å². The molecule has 0 aromatic heterocycles. The first-order valence-corrected chi connectivity index (χ1v) is 8.45. The Bertz CT molecular complexity index is 644. The van der Waals surface area contributed by atoms with E-state index in [1.807, 2.05) is 0 Å². The van der Waals surface area contributed by atoms with Crippen LogP contribution in [0.3, 0.4) is 0 Å². The molecule has 1 aromatic carbocycles. The van der Waals surface area contributed by atoms with Crippen LogP contribution in [0, 0.1) is 17.5 Å². The Balaban J connectivity index is 2.08. The summed E-state index contributed by atoms with van der Waals surface area (Å²) in [6, 6.07) is 1.02. The molecular weight excluding hydrogens is 305 g/mol. The number of rotatable bonds is 1. The predicted octanol–water partition coefficient (Wildman–Crippen LogP) is 2.42. The van der Waals surface area contributed by atoms with Crippen molar-refractivity contribution in [3.05, 3.63) is 35.1 Å². The lowest BCUT2D eigenvalue weighted by molar-refractivity contribution is -0.00158. The van der Waals surface area contributed by atoms with Crippen molar-refractivity contribution < 1.29 is 26.7 Å². The zero-order chi connectivity index (χ0) is 15.4. The minimum atomic E-state index is -3.36. The van der Waals surface area contributed by atoms with Crippen molar-refractivity contribution >= 4 is 9.84 Å². The second-order valence-corrected chi connectivity index (χ2v) is 8.46. The molecule has 3 nitrogen and oxygen atoms in total. The van der Waals surface area contributed by atoms with E-state index < -0.39 is 49.0 Å². The van der Waals surface area contributed by atoms with E-state index in [2.05, 4.69) is 0 Å². The molecule has 0 radical (unpaired) electrons. The molecule has 0 saturated carbocycles. The molecule has 2 fully saturated rings. The number of halogens is 3. The van der Waals surface area contributed by atoms with Crippen molar-refractivity contribution in [2.24, 2.45) is 0 Å². The van der Waals surface area contributed by atoms with Gasteiger partial charge in [-0.25, -0.2) is 21.6 Å². The summed E-state index contributed by atoms with van der Waals surface area (Å²) < 4.78 is 65.2. The molecule has 2 unspecified atom stereocenters. The first-order chi connectivity index (χ1) is 9.74. The Morgan fingerprint density at radius 2 is 1.52 bits per heavy atom. The van der Waals surface area contributed by atoms with Crippen molar-refractivity contribution in [1.82, 2.24) is 0 Å². The maximum atomic E-state index is 13.9. The molecule has 7 heteroatoms. The second kappa shape index (κ2) is 4.71. The molecule has 2 aliphatic rings. The van der Waals surface area contributed by atoms with E-state index >= 15 is 0 Å². The lowest BCUT2D eigenvalue weighted by atomic mass is 9.80. The molecule has 0 aliphatic carbocycles. The van der Waals surface area contributed by atoms with Gasteiger partial charge in [0, 0.05) is 12.1 Å². The smallest absolute Gasteiger partial charge is 0.156 e. The molecule has 0 amide bonds. The van der Waals surface area contributed by atoms with E-state index in [0.717, 1.165) is 6.42 Å². The van der Waals surface area contributed by atoms with E-state index in [0.29, 0.717) is 25.0 Å². The van der Waals surface area contributed by atoms with Gasteiger partial charge in [-0.2, -0.15) is 0 Å². The van der Waals surface area contributed by atoms with Crippen LogP contribution in [0.2, 0.25) is 0 Å². The Morgan fingerprint density at radius 3 is 2.00 bits per heavy atom. The highest BCUT2D eigenvalue weighted by Crippen LogP contribution is 2.47. The van der Waals surface area contributed by atoms with Crippen LogP contribution < -0.4 is 0 Å². The molecule has 2 bridgehead atoms. The average molecular weight is 320 g/mol. The van der Waals surface area contributed by atoms with Crippen LogP contribution in [0.5, 0.6) is 0 Å². The third-order valence-corrected chi connectivity index (χ3v) is 7.25. The highest BCUT2D eigenvalue weighted by Gasteiger charge is 2.52. The summed E-state index contributed by atoms with van der Waals surface area (Å²) >= 11 is 0. The zero-order valence-corrected chi connectivity index (χ0v) is 12.0. The number of fused-ring (bicyclic) bond motifs is 2. The van der Waals surface area contributed by atoms with Crippen LogP contribution in [0.15, 0.2) is 12.1 Å². The summed E-state index contributed by atoms with van der Waals surface area (Å²) in [7, 11) is -3.36. The maximum absolute atomic E-state index is 13.9. The Kier molecular flexibility index (Phi) is 3.33. The highest BCUT2D eigenvalue weighted by molar-refractivity contribution is 7.92. The molecule has 1 aromatic rings. The van der Waals surface area contributed by atoms with Crippen LogP contribution in [-0.2, 0) is 15.4 Å². The van der Waals surface area contributed by atoms with Crippen molar-refractivity contribution in [3.63, 3.8) is 0 Å². The fourth-order valence-corrected chi connectivity index (χ4v) is 6.19. The molecule has 2 aliphatic heterocycles. The topological polar surface area (TPSA) is 54.4 Å².